The summed E-state index contributed by atoms with van der Waals surface area (Å²) in [5, 5.41) is 6.84. The van der Waals surface area contributed by atoms with Gasteiger partial charge in [-0.05, 0) is 69.5 Å². The van der Waals surface area contributed by atoms with E-state index in [9.17, 15) is 0 Å². The zero-order chi connectivity index (χ0) is 29.7. The van der Waals surface area contributed by atoms with Crippen molar-refractivity contribution in [3.05, 3.63) is 102 Å². The summed E-state index contributed by atoms with van der Waals surface area (Å²) in [6.07, 6.45) is 3.48. The van der Waals surface area contributed by atoms with E-state index in [1.807, 2.05) is 0 Å². The lowest BCUT2D eigenvalue weighted by atomic mass is 9.68. The highest BCUT2D eigenvalue weighted by Gasteiger charge is 2.26. The molecular weight excluding hydrogens is 521 g/mol. The Kier molecular flexibility index (Phi) is 5.51. The molecule has 0 aliphatic carbocycles. The summed E-state index contributed by atoms with van der Waals surface area (Å²) in [6, 6.07) is 31.1. The van der Waals surface area contributed by atoms with Crippen LogP contribution in [0.25, 0.3) is 71.0 Å². The van der Waals surface area contributed by atoms with Gasteiger partial charge in [-0.2, -0.15) is 0 Å². The summed E-state index contributed by atoms with van der Waals surface area (Å²) in [6.45, 7) is 11.2. The first-order valence-electron chi connectivity index (χ1n) is 15.2. The van der Waals surface area contributed by atoms with Gasteiger partial charge in [0.2, 0.25) is 0 Å². The monoisotopic (exact) mass is 555 g/mol. The molecule has 0 atom stereocenters. The second-order valence-electron chi connectivity index (χ2n) is 14.2. The van der Waals surface area contributed by atoms with E-state index in [4.69, 9.17) is 17.8 Å². The second kappa shape index (κ2) is 9.03. The van der Waals surface area contributed by atoms with Crippen LogP contribution < -0.4 is 0 Å². The predicted octanol–water partition coefficient (Wildman–Crippen LogP) is 10.1. The Morgan fingerprint density at radius 1 is 0.698 bits per heavy atom. The molecule has 0 spiro atoms. The van der Waals surface area contributed by atoms with Gasteiger partial charge in [0, 0.05) is 16.2 Å². The van der Waals surface area contributed by atoms with Crippen LogP contribution in [0.15, 0.2) is 91.3 Å². The first-order chi connectivity index (χ1) is 20.6. The Morgan fingerprint density at radius 2 is 1.47 bits per heavy atom. The quantitative estimate of drug-likeness (QED) is 0.123. The highest BCUT2D eigenvalue weighted by atomic mass is 14.9. The molecular formula is C39H34BN3. The number of hydrogen-bond acceptors (Lipinski definition) is 2. The van der Waals surface area contributed by atoms with Crippen LogP contribution in [0.4, 0.5) is 0 Å². The predicted molar refractivity (Wildman–Crippen MR) is 184 cm³/mol. The molecule has 208 valence electrons. The summed E-state index contributed by atoms with van der Waals surface area (Å²) in [7, 11) is 6.83. The van der Waals surface area contributed by atoms with E-state index in [2.05, 4.69) is 124 Å². The average Bonchev–Trinajstić information content (AvgIpc) is 3.31. The Hall–Kier alpha value is -4.44. The largest absolute Gasteiger partial charge is 0.307 e. The number of aromatic nitrogens is 3. The van der Waals surface area contributed by atoms with E-state index in [-0.39, 0.29) is 5.41 Å². The third-order valence-corrected chi connectivity index (χ3v) is 8.75. The summed E-state index contributed by atoms with van der Waals surface area (Å²) in [5.74, 6) is 0. The van der Waals surface area contributed by atoms with Crippen molar-refractivity contribution >= 4 is 67.7 Å². The van der Waals surface area contributed by atoms with E-state index in [0.717, 1.165) is 34.6 Å². The van der Waals surface area contributed by atoms with E-state index >= 15 is 0 Å². The lowest BCUT2D eigenvalue weighted by Gasteiger charge is -2.24. The molecule has 0 fully saturated rings. The van der Waals surface area contributed by atoms with E-state index in [0.29, 0.717) is 0 Å². The standard InChI is InChI=1S/C39H34BN3/c1-38(2,3)20-23-15-16-26-25(17-23)18-29-35-34-31(41-22-42-35)19-28(24-11-7-6-8-12-24)33-27-13-9-10-14-32(27)43(37(33)34)36(29)30(26)21-39(4,5)40/h6-19,22H,20-21H2,1-5H3. The maximum atomic E-state index is 6.83. The number of nitrogens with zero attached hydrogens (tertiary/aromatic N) is 3. The second-order valence-corrected chi connectivity index (χ2v) is 14.2. The Labute approximate surface area is 253 Å². The molecule has 8 rings (SSSR count). The van der Waals surface area contributed by atoms with Gasteiger partial charge in [0.1, 0.15) is 6.33 Å². The van der Waals surface area contributed by atoms with Crippen LogP contribution in [-0.2, 0) is 12.8 Å². The molecule has 5 aromatic carbocycles. The Balaban J connectivity index is 1.64. The highest BCUT2D eigenvalue weighted by molar-refractivity contribution is 6.31. The van der Waals surface area contributed by atoms with Gasteiger partial charge in [0.05, 0.1) is 40.8 Å². The molecule has 0 saturated carbocycles. The summed E-state index contributed by atoms with van der Waals surface area (Å²) >= 11 is 0. The number of fused-ring (bicyclic) bond motifs is 7. The van der Waals surface area contributed by atoms with Crippen LogP contribution in [0, 0.1) is 5.41 Å². The molecule has 0 N–H and O–H groups in total. The van der Waals surface area contributed by atoms with Crippen LogP contribution in [0.3, 0.4) is 0 Å². The van der Waals surface area contributed by atoms with E-state index in [1.54, 1.807) is 6.33 Å². The van der Waals surface area contributed by atoms with Gasteiger partial charge >= 0.3 is 0 Å². The fourth-order valence-corrected chi connectivity index (χ4v) is 7.30. The Bertz CT molecular complexity index is 2350. The molecule has 3 aromatic heterocycles. The van der Waals surface area contributed by atoms with E-state index in [1.165, 1.54) is 60.3 Å². The normalized spacial score (nSPS) is 13.0. The smallest absolute Gasteiger partial charge is 0.116 e. The summed E-state index contributed by atoms with van der Waals surface area (Å²) in [4.78, 5) is 9.86. The number of rotatable bonds is 4. The van der Waals surface area contributed by atoms with Gasteiger partial charge in [0.15, 0.2) is 0 Å². The molecule has 0 aliphatic heterocycles. The van der Waals surface area contributed by atoms with Crippen molar-refractivity contribution in [2.24, 2.45) is 5.41 Å². The first kappa shape index (κ1) is 26.2. The van der Waals surface area contributed by atoms with E-state index < -0.39 is 5.31 Å². The minimum Gasteiger partial charge on any atom is -0.307 e. The number of para-hydroxylation sites is 1. The molecule has 8 aromatic rings. The van der Waals surface area contributed by atoms with Crippen LogP contribution in [-0.4, -0.2) is 22.2 Å². The SMILES string of the molecule is [B]C(C)(C)Cc1c2ccc(CC(C)(C)C)cc2cc2c3ncnc4cc(-c5ccccc5)c5c6ccccc6n(c12)c5c43. The van der Waals surface area contributed by atoms with Crippen molar-refractivity contribution in [1.82, 2.24) is 14.4 Å². The molecule has 0 saturated heterocycles. The first-order valence-corrected chi connectivity index (χ1v) is 15.2. The molecule has 3 nitrogen and oxygen atoms in total. The maximum Gasteiger partial charge on any atom is 0.116 e. The summed E-state index contributed by atoms with van der Waals surface area (Å²) < 4.78 is 2.49. The molecule has 3 heterocycles. The van der Waals surface area contributed by atoms with Crippen molar-refractivity contribution < 1.29 is 0 Å². The zero-order valence-electron chi connectivity index (χ0n) is 25.5. The van der Waals surface area contributed by atoms with Gasteiger partial charge in [-0.15, -0.1) is 0 Å². The molecule has 2 radical (unpaired) electrons. The summed E-state index contributed by atoms with van der Waals surface area (Å²) in [5.41, 5.74) is 10.7. The van der Waals surface area contributed by atoms with Crippen LogP contribution >= 0.6 is 0 Å². The van der Waals surface area contributed by atoms with Gasteiger partial charge < -0.3 is 4.40 Å². The third kappa shape index (κ3) is 4.11. The van der Waals surface area contributed by atoms with Crippen molar-refractivity contribution in [3.8, 4) is 11.1 Å². The maximum absolute atomic E-state index is 6.83. The lowest BCUT2D eigenvalue weighted by Crippen LogP contribution is -2.10. The molecule has 0 unspecified atom stereocenters. The average molecular weight is 556 g/mol. The Morgan fingerprint density at radius 3 is 2.23 bits per heavy atom. The van der Waals surface area contributed by atoms with Crippen LogP contribution in [0.2, 0.25) is 5.31 Å². The minimum atomic E-state index is -0.401. The third-order valence-electron chi connectivity index (χ3n) is 8.75. The fourth-order valence-electron chi connectivity index (χ4n) is 7.30. The van der Waals surface area contributed by atoms with Crippen LogP contribution in [0.5, 0.6) is 0 Å². The fraction of sp³-hybridized carbons (Fsp3) is 0.231. The molecule has 0 amide bonds. The van der Waals surface area contributed by atoms with Gasteiger partial charge in [-0.3, -0.25) is 0 Å². The molecule has 0 aliphatic rings. The van der Waals surface area contributed by atoms with Crippen molar-refractivity contribution in [3.63, 3.8) is 0 Å². The van der Waals surface area contributed by atoms with Crippen molar-refractivity contribution in [2.75, 3.05) is 0 Å². The van der Waals surface area contributed by atoms with Crippen LogP contribution in [0.1, 0.15) is 45.7 Å². The zero-order valence-corrected chi connectivity index (χ0v) is 25.5. The molecule has 0 bridgehead atoms. The lowest BCUT2D eigenvalue weighted by molar-refractivity contribution is 0.411. The topological polar surface area (TPSA) is 30.2 Å². The number of hydrogen-bond donors (Lipinski definition) is 0. The minimum absolute atomic E-state index is 0.202. The van der Waals surface area contributed by atoms with Gasteiger partial charge in [-0.25, -0.2) is 9.97 Å². The number of pyridine rings is 1. The van der Waals surface area contributed by atoms with Crippen molar-refractivity contribution in [2.45, 2.75) is 52.8 Å². The molecule has 4 heteroatoms. The van der Waals surface area contributed by atoms with Gasteiger partial charge in [-0.1, -0.05) is 107 Å². The molecule has 43 heavy (non-hydrogen) atoms. The number of benzene rings is 5. The van der Waals surface area contributed by atoms with Crippen molar-refractivity contribution in [1.29, 1.82) is 0 Å². The van der Waals surface area contributed by atoms with Gasteiger partial charge in [0.25, 0.3) is 0 Å². The highest BCUT2D eigenvalue weighted by Crippen LogP contribution is 2.47.